The summed E-state index contributed by atoms with van der Waals surface area (Å²) < 4.78 is 5.89. The van der Waals surface area contributed by atoms with Gasteiger partial charge in [-0.15, -0.1) is 17.4 Å². The van der Waals surface area contributed by atoms with Gasteiger partial charge in [0, 0.05) is 47.9 Å². The molecule has 0 aromatic heterocycles. The summed E-state index contributed by atoms with van der Waals surface area (Å²) in [6, 6.07) is 13.7. The van der Waals surface area contributed by atoms with Crippen molar-refractivity contribution in [3.05, 3.63) is 75.9 Å². The van der Waals surface area contributed by atoms with E-state index in [1.165, 1.54) is 30.3 Å². The first-order valence-electron chi connectivity index (χ1n) is 10.7. The van der Waals surface area contributed by atoms with Crippen molar-refractivity contribution >= 4 is 28.8 Å². The van der Waals surface area contributed by atoms with E-state index < -0.39 is 17.8 Å². The summed E-state index contributed by atoms with van der Waals surface area (Å²) in [6.07, 6.45) is 5.80. The highest BCUT2D eigenvalue weighted by atomic mass is 16.7. The van der Waals surface area contributed by atoms with Gasteiger partial charge in [0.2, 0.25) is 0 Å². The van der Waals surface area contributed by atoms with Crippen molar-refractivity contribution < 1.29 is 28.7 Å². The molecule has 0 bridgehead atoms. The molecule has 2 aromatic carbocycles. The minimum atomic E-state index is -0.879. The molecule has 0 radical (unpaired) electrons. The molecule has 5 rings (SSSR count). The Morgan fingerprint density at radius 3 is 2.51 bits per heavy atom. The number of hydroxylamine groups is 2. The predicted molar refractivity (Wildman–Crippen MR) is 125 cm³/mol. The molecule has 2 heterocycles. The first-order valence-corrected chi connectivity index (χ1v) is 10.7. The van der Waals surface area contributed by atoms with Crippen LogP contribution in [0, 0.1) is 12.3 Å². The summed E-state index contributed by atoms with van der Waals surface area (Å²) in [5, 5.41) is 11.1. The van der Waals surface area contributed by atoms with Crippen LogP contribution in [-0.4, -0.2) is 28.0 Å². The second-order valence-corrected chi connectivity index (χ2v) is 8.03. The molecule has 1 N–H and O–H groups in total. The second kappa shape index (κ2) is 8.47. The lowest BCUT2D eigenvalue weighted by Crippen LogP contribution is -2.32. The highest BCUT2D eigenvalue weighted by Crippen LogP contribution is 2.42. The molecule has 8 heteroatoms. The van der Waals surface area contributed by atoms with E-state index in [4.69, 9.17) is 15.7 Å². The molecule has 3 aliphatic rings. The first-order chi connectivity index (χ1) is 16.9. The Bertz CT molecular complexity index is 1590. The number of hydrogen-bond donors (Lipinski definition) is 1. The van der Waals surface area contributed by atoms with Gasteiger partial charge < -0.3 is 14.4 Å². The Morgan fingerprint density at radius 2 is 1.77 bits per heavy atom. The smallest absolute Gasteiger partial charge is 0.363 e. The van der Waals surface area contributed by atoms with Crippen LogP contribution in [0.1, 0.15) is 28.8 Å². The molecule has 2 amide bonds. The average Bonchev–Trinajstić information content (AvgIpc) is 3.15. The number of benzene rings is 3. The molecule has 8 nitrogen and oxygen atoms in total. The van der Waals surface area contributed by atoms with Crippen LogP contribution in [0.25, 0.3) is 33.4 Å². The SMILES string of the molecule is C#CCc1ccc(C(=O)ON2C(=O)CCC2=O)cc1-c1c2ccc(=O)cc-2oc2cc(O)ccc12. The lowest BCUT2D eigenvalue weighted by molar-refractivity contribution is -0.172. The summed E-state index contributed by atoms with van der Waals surface area (Å²) in [7, 11) is 0. The van der Waals surface area contributed by atoms with Crippen molar-refractivity contribution in [1.82, 2.24) is 5.06 Å². The third-order valence-corrected chi connectivity index (χ3v) is 5.76. The standard InChI is InChI=1S/C27H17NO7/c1-2-3-15-4-5-16(27(33)35-28-24(31)10-11-25(28)32)12-21(15)26-19-8-6-17(29)13-22(19)34-23-14-18(30)7-9-20(23)26/h1,4-9,12-14,29H,3,10-11H2. The van der Waals surface area contributed by atoms with Crippen LogP contribution in [0.4, 0.5) is 0 Å². The number of terminal acetylenes is 1. The lowest BCUT2D eigenvalue weighted by Gasteiger charge is -2.18. The maximum Gasteiger partial charge on any atom is 0.363 e. The summed E-state index contributed by atoms with van der Waals surface area (Å²) in [4.78, 5) is 53.7. The number of hydrogen-bond acceptors (Lipinski definition) is 7. The van der Waals surface area contributed by atoms with Crippen molar-refractivity contribution in [2.75, 3.05) is 0 Å². The Kier molecular flexibility index (Phi) is 5.30. The van der Waals surface area contributed by atoms with Crippen LogP contribution in [0.5, 0.6) is 5.75 Å². The number of imide groups is 1. The fourth-order valence-corrected chi connectivity index (χ4v) is 4.14. The van der Waals surface area contributed by atoms with E-state index in [1.54, 1.807) is 24.3 Å². The van der Waals surface area contributed by atoms with E-state index in [0.29, 0.717) is 44.0 Å². The number of carbonyl (C=O) groups is 3. The van der Waals surface area contributed by atoms with Crippen molar-refractivity contribution in [2.24, 2.45) is 0 Å². The molecule has 2 aromatic rings. The summed E-state index contributed by atoms with van der Waals surface area (Å²) >= 11 is 0. The van der Waals surface area contributed by atoms with Gasteiger partial charge in [0.25, 0.3) is 11.8 Å². The largest absolute Gasteiger partial charge is 0.508 e. The van der Waals surface area contributed by atoms with Crippen molar-refractivity contribution in [2.45, 2.75) is 19.3 Å². The Morgan fingerprint density at radius 1 is 1.00 bits per heavy atom. The topological polar surface area (TPSA) is 114 Å². The van der Waals surface area contributed by atoms with Gasteiger partial charge in [0.1, 0.15) is 17.1 Å². The zero-order valence-corrected chi connectivity index (χ0v) is 18.2. The Labute approximate surface area is 198 Å². The highest BCUT2D eigenvalue weighted by molar-refractivity contribution is 6.05. The van der Waals surface area contributed by atoms with Crippen molar-refractivity contribution in [3.8, 4) is 40.5 Å². The Balaban J connectivity index is 1.72. The molecule has 1 aliphatic carbocycles. The van der Waals surface area contributed by atoms with Gasteiger partial charge in [0.15, 0.2) is 5.43 Å². The molecular weight excluding hydrogens is 450 g/mol. The molecule has 0 atom stereocenters. The minimum absolute atomic E-state index is 0.0154. The number of fused-ring (bicyclic) bond motifs is 2. The van der Waals surface area contributed by atoms with Crippen LogP contribution >= 0.6 is 0 Å². The van der Waals surface area contributed by atoms with Crippen LogP contribution in [0.2, 0.25) is 0 Å². The normalized spacial score (nSPS) is 13.4. The molecular formula is C27H17NO7. The van der Waals surface area contributed by atoms with Gasteiger partial charge >= 0.3 is 5.97 Å². The van der Waals surface area contributed by atoms with Crippen LogP contribution < -0.4 is 5.43 Å². The van der Waals surface area contributed by atoms with E-state index >= 15 is 0 Å². The molecule has 0 saturated carbocycles. The lowest BCUT2D eigenvalue weighted by atomic mass is 9.89. The average molecular weight is 467 g/mol. The summed E-state index contributed by atoms with van der Waals surface area (Å²) in [6.45, 7) is 0. The van der Waals surface area contributed by atoms with E-state index in [0.717, 1.165) is 0 Å². The predicted octanol–water partition coefficient (Wildman–Crippen LogP) is 3.67. The van der Waals surface area contributed by atoms with Crippen LogP contribution in [-0.2, 0) is 20.8 Å². The van der Waals surface area contributed by atoms with Crippen molar-refractivity contribution in [1.29, 1.82) is 0 Å². The van der Waals surface area contributed by atoms with Crippen LogP contribution in [0.3, 0.4) is 0 Å². The monoisotopic (exact) mass is 467 g/mol. The maximum absolute atomic E-state index is 12.9. The minimum Gasteiger partial charge on any atom is -0.508 e. The van der Waals surface area contributed by atoms with Crippen molar-refractivity contribution in [3.63, 3.8) is 0 Å². The van der Waals surface area contributed by atoms with E-state index in [2.05, 4.69) is 5.92 Å². The number of rotatable bonds is 4. The van der Waals surface area contributed by atoms with Gasteiger partial charge in [-0.3, -0.25) is 14.4 Å². The molecule has 0 unspecified atom stereocenters. The molecule has 1 saturated heterocycles. The van der Waals surface area contributed by atoms with Gasteiger partial charge in [-0.2, -0.15) is 0 Å². The summed E-state index contributed by atoms with van der Waals surface area (Å²) in [5.41, 5.74) is 2.68. The zero-order chi connectivity index (χ0) is 24.7. The number of phenols is 1. The van der Waals surface area contributed by atoms with Gasteiger partial charge in [-0.05, 0) is 47.5 Å². The maximum atomic E-state index is 12.9. The second-order valence-electron chi connectivity index (χ2n) is 8.03. The third kappa shape index (κ3) is 3.89. The zero-order valence-electron chi connectivity index (χ0n) is 18.2. The molecule has 0 spiro atoms. The fraction of sp³-hybridized carbons (Fsp3) is 0.111. The van der Waals surface area contributed by atoms with E-state index in [1.807, 2.05) is 0 Å². The highest BCUT2D eigenvalue weighted by Gasteiger charge is 2.33. The molecule has 2 aliphatic heterocycles. The molecule has 172 valence electrons. The quantitative estimate of drug-likeness (QED) is 0.277. The van der Waals surface area contributed by atoms with E-state index in [-0.39, 0.29) is 36.0 Å². The number of amides is 2. The van der Waals surface area contributed by atoms with Gasteiger partial charge in [-0.25, -0.2) is 4.79 Å². The van der Waals surface area contributed by atoms with Gasteiger partial charge in [-0.1, -0.05) is 6.07 Å². The number of phenolic OH excluding ortho intramolecular Hbond substituents is 1. The fourth-order valence-electron chi connectivity index (χ4n) is 4.14. The number of carbonyl (C=O) groups excluding carboxylic acids is 3. The van der Waals surface area contributed by atoms with Gasteiger partial charge in [0.05, 0.1) is 5.56 Å². The first kappa shape index (κ1) is 21.9. The number of nitrogens with zero attached hydrogens (tertiary/aromatic N) is 1. The van der Waals surface area contributed by atoms with Crippen LogP contribution in [0.15, 0.2) is 63.8 Å². The van der Waals surface area contributed by atoms with E-state index in [9.17, 15) is 24.3 Å². The third-order valence-electron chi connectivity index (χ3n) is 5.76. The molecule has 35 heavy (non-hydrogen) atoms. The molecule has 1 fully saturated rings. The summed E-state index contributed by atoms with van der Waals surface area (Å²) in [5.74, 6) is 0.827. The number of aromatic hydroxyl groups is 1. The Hall–Kier alpha value is -4.90.